The molecule has 0 radical (unpaired) electrons. The Bertz CT molecular complexity index is 870. The van der Waals surface area contributed by atoms with Gasteiger partial charge in [-0.05, 0) is 41.0 Å². The van der Waals surface area contributed by atoms with Crippen molar-refractivity contribution in [2.45, 2.75) is 12.8 Å². The Labute approximate surface area is 140 Å². The van der Waals surface area contributed by atoms with Gasteiger partial charge in [0, 0.05) is 22.0 Å². The lowest BCUT2D eigenvalue weighted by molar-refractivity contribution is -0.520. The molecule has 3 aromatic rings. The summed E-state index contributed by atoms with van der Waals surface area (Å²) in [5.41, 5.74) is 3.03. The van der Waals surface area contributed by atoms with Crippen molar-refractivity contribution < 1.29 is 14.6 Å². The summed E-state index contributed by atoms with van der Waals surface area (Å²) in [7, 11) is 1.52. The first-order valence-electron chi connectivity index (χ1n) is 8.00. The highest BCUT2D eigenvalue weighted by atomic mass is 16.5. The van der Waals surface area contributed by atoms with Crippen LogP contribution in [0.2, 0.25) is 0 Å². The number of para-hydroxylation sites is 1. The zero-order chi connectivity index (χ0) is 17.1. The predicted octanol–water partition coefficient (Wildman–Crippen LogP) is 3.81. The maximum atomic E-state index is 11.8. The van der Waals surface area contributed by atoms with Gasteiger partial charge in [0.05, 0.1) is 12.5 Å². The fraction of sp³-hybridized carbons (Fsp3) is 0.263. The van der Waals surface area contributed by atoms with Crippen molar-refractivity contribution in [3.63, 3.8) is 0 Å². The Morgan fingerprint density at radius 2 is 2.04 bits per heavy atom. The highest BCUT2D eigenvalue weighted by Gasteiger charge is 2.24. The number of ether oxygens (including phenoxy) is 1. The van der Waals surface area contributed by atoms with Gasteiger partial charge >= 0.3 is 0 Å². The Balaban J connectivity index is 2.10. The van der Waals surface area contributed by atoms with Crippen molar-refractivity contribution in [3.8, 4) is 11.5 Å². The number of rotatable bonds is 6. The van der Waals surface area contributed by atoms with Gasteiger partial charge < -0.3 is 14.8 Å². The molecule has 0 saturated carbocycles. The summed E-state index contributed by atoms with van der Waals surface area (Å²) in [5.74, 6) is 0.422. The molecule has 0 fully saturated rings. The minimum absolute atomic E-state index is 0.105. The molecule has 0 unspecified atom stereocenters. The number of phenols is 1. The third-order valence-electron chi connectivity index (χ3n) is 4.12. The van der Waals surface area contributed by atoms with E-state index >= 15 is 0 Å². The van der Waals surface area contributed by atoms with Crippen molar-refractivity contribution in [2.75, 3.05) is 20.2 Å². The number of aromatic hydroxyl groups is 1. The van der Waals surface area contributed by atoms with E-state index in [1.807, 2.05) is 49.5 Å². The molecule has 24 heavy (non-hydrogen) atoms. The van der Waals surface area contributed by atoms with Gasteiger partial charge in [0.1, 0.15) is 0 Å². The van der Waals surface area contributed by atoms with Crippen LogP contribution in [0.3, 0.4) is 0 Å². The highest BCUT2D eigenvalue weighted by molar-refractivity contribution is 5.84. The number of phenolic OH excluding ortho intramolecular Hbond substituents is 1. The monoisotopic (exact) mass is 325 g/mol. The molecule has 0 bridgehead atoms. The van der Waals surface area contributed by atoms with Gasteiger partial charge in [0.2, 0.25) is 6.54 Å². The second kappa shape index (κ2) is 6.74. The summed E-state index contributed by atoms with van der Waals surface area (Å²) in [5, 5.41) is 11.0. The molecule has 2 aromatic carbocycles. The number of aromatic nitrogens is 1. The molecule has 3 rings (SSSR count). The molecule has 2 N–H and O–H groups in total. The number of fused-ring (bicyclic) bond motifs is 1. The smallest absolute Gasteiger partial charge is 0.202 e. The highest BCUT2D eigenvalue weighted by Crippen LogP contribution is 2.35. The Kier molecular flexibility index (Phi) is 4.51. The summed E-state index contributed by atoms with van der Waals surface area (Å²) >= 11 is 0. The SMILES string of the molecule is CCOc1cc([C@@H](C[N+](C)=O)c2c[nH]c3ccccc23)ccc1O. The molecule has 0 amide bonds. The van der Waals surface area contributed by atoms with Crippen LogP contribution < -0.4 is 4.74 Å². The summed E-state index contributed by atoms with van der Waals surface area (Å²) in [4.78, 5) is 15.0. The van der Waals surface area contributed by atoms with Crippen LogP contribution >= 0.6 is 0 Å². The number of nitroso groups, excluding NO2 is 1. The number of H-pyrrole nitrogens is 1. The number of nitrogens with zero attached hydrogens (tertiary/aromatic N) is 1. The molecule has 0 aliphatic carbocycles. The van der Waals surface area contributed by atoms with Crippen molar-refractivity contribution in [2.24, 2.45) is 0 Å². The zero-order valence-corrected chi connectivity index (χ0v) is 13.8. The topological polar surface area (TPSA) is 65.3 Å². The summed E-state index contributed by atoms with van der Waals surface area (Å²) in [6.07, 6.45) is 1.95. The normalized spacial score (nSPS) is 12.2. The first-order chi connectivity index (χ1) is 11.6. The van der Waals surface area contributed by atoms with E-state index in [2.05, 4.69) is 4.98 Å². The van der Waals surface area contributed by atoms with Gasteiger partial charge in [0.25, 0.3) is 0 Å². The second-order valence-electron chi connectivity index (χ2n) is 5.81. The van der Waals surface area contributed by atoms with E-state index in [4.69, 9.17) is 4.74 Å². The maximum absolute atomic E-state index is 11.8. The van der Waals surface area contributed by atoms with Crippen LogP contribution in [-0.2, 0) is 0 Å². The van der Waals surface area contributed by atoms with Crippen molar-refractivity contribution >= 4 is 10.9 Å². The third-order valence-corrected chi connectivity index (χ3v) is 4.12. The van der Waals surface area contributed by atoms with Crippen LogP contribution in [0.4, 0.5) is 0 Å². The number of hydrogen-bond acceptors (Lipinski definition) is 3. The minimum atomic E-state index is -0.122. The fourth-order valence-electron chi connectivity index (χ4n) is 3.04. The number of benzene rings is 2. The molecule has 5 nitrogen and oxygen atoms in total. The molecule has 124 valence electrons. The van der Waals surface area contributed by atoms with E-state index in [-0.39, 0.29) is 11.7 Å². The maximum Gasteiger partial charge on any atom is 0.202 e. The summed E-state index contributed by atoms with van der Waals surface area (Å²) < 4.78 is 6.42. The van der Waals surface area contributed by atoms with Crippen LogP contribution in [-0.4, -0.2) is 35.0 Å². The van der Waals surface area contributed by atoms with Gasteiger partial charge in [-0.2, -0.15) is 0 Å². The second-order valence-corrected chi connectivity index (χ2v) is 5.81. The van der Waals surface area contributed by atoms with Crippen LogP contribution in [0.1, 0.15) is 24.0 Å². The van der Waals surface area contributed by atoms with E-state index in [9.17, 15) is 10.0 Å². The van der Waals surface area contributed by atoms with Crippen LogP contribution in [0.15, 0.2) is 48.7 Å². The number of nitrogens with one attached hydrogen (secondary N) is 1. The largest absolute Gasteiger partial charge is 0.504 e. The van der Waals surface area contributed by atoms with Crippen molar-refractivity contribution in [1.29, 1.82) is 0 Å². The molecule has 1 aromatic heterocycles. The Hall–Kier alpha value is -2.82. The Morgan fingerprint density at radius 3 is 2.79 bits per heavy atom. The average molecular weight is 325 g/mol. The number of hydrogen-bond donors (Lipinski definition) is 2. The lowest BCUT2D eigenvalue weighted by Crippen LogP contribution is -2.15. The van der Waals surface area contributed by atoms with E-state index in [1.165, 1.54) is 7.05 Å². The quantitative estimate of drug-likeness (QED) is 0.677. The van der Waals surface area contributed by atoms with Gasteiger partial charge in [-0.15, -0.1) is 0 Å². The van der Waals surface area contributed by atoms with Crippen LogP contribution in [0.25, 0.3) is 10.9 Å². The standard InChI is InChI=1S/C19H20N2O3/c1-3-24-19-10-13(8-9-18(19)22)16(12-21(2)23)15-11-20-17-7-5-4-6-14(15)17/h4-11,16,20H,3,12H2,1-2H3/p+1/t16-/m1/s1. The molecule has 5 heteroatoms. The fourth-order valence-corrected chi connectivity index (χ4v) is 3.04. The zero-order valence-electron chi connectivity index (χ0n) is 13.8. The molecule has 1 heterocycles. The van der Waals surface area contributed by atoms with E-state index in [0.29, 0.717) is 18.9 Å². The van der Waals surface area contributed by atoms with Crippen molar-refractivity contribution in [1.82, 2.24) is 4.98 Å². The van der Waals surface area contributed by atoms with Crippen LogP contribution in [0.5, 0.6) is 11.5 Å². The van der Waals surface area contributed by atoms with Crippen molar-refractivity contribution in [3.05, 3.63) is 64.7 Å². The van der Waals surface area contributed by atoms with E-state index in [1.54, 1.807) is 6.07 Å². The molecular weight excluding hydrogens is 304 g/mol. The first kappa shape index (κ1) is 16.1. The van der Waals surface area contributed by atoms with Gasteiger partial charge in [-0.1, -0.05) is 24.3 Å². The summed E-state index contributed by atoms with van der Waals surface area (Å²) in [6.45, 7) is 2.66. The first-order valence-corrected chi connectivity index (χ1v) is 8.00. The predicted molar refractivity (Wildman–Crippen MR) is 93.8 cm³/mol. The molecule has 0 aliphatic rings. The van der Waals surface area contributed by atoms with E-state index in [0.717, 1.165) is 26.8 Å². The number of likely N-dealkylation sites (N-methyl/N-ethyl adjacent to an activating group) is 1. The van der Waals surface area contributed by atoms with Gasteiger partial charge in [0.15, 0.2) is 18.5 Å². The lowest BCUT2D eigenvalue weighted by Gasteiger charge is -2.15. The summed E-state index contributed by atoms with van der Waals surface area (Å²) in [6, 6.07) is 13.3. The molecular formula is C19H21N2O3+. The minimum Gasteiger partial charge on any atom is -0.504 e. The lowest BCUT2D eigenvalue weighted by atomic mass is 9.90. The third kappa shape index (κ3) is 3.11. The Morgan fingerprint density at radius 1 is 1.25 bits per heavy atom. The van der Waals surface area contributed by atoms with Gasteiger partial charge in [-0.3, -0.25) is 0 Å². The number of aromatic amines is 1. The van der Waals surface area contributed by atoms with Crippen LogP contribution in [0, 0.1) is 4.91 Å². The molecule has 0 spiro atoms. The van der Waals surface area contributed by atoms with Gasteiger partial charge in [-0.25, -0.2) is 0 Å². The molecule has 0 saturated heterocycles. The van der Waals surface area contributed by atoms with E-state index < -0.39 is 0 Å². The molecule has 1 atom stereocenters. The molecule has 0 aliphatic heterocycles. The average Bonchev–Trinajstić information content (AvgIpc) is 2.99.